The van der Waals surface area contributed by atoms with Crippen LogP contribution in [0.25, 0.3) is 11.1 Å². The van der Waals surface area contributed by atoms with E-state index in [9.17, 15) is 0 Å². The zero-order valence-electron chi connectivity index (χ0n) is 16.8. The van der Waals surface area contributed by atoms with E-state index in [0.29, 0.717) is 22.8 Å². The minimum atomic E-state index is 0.492. The Bertz CT molecular complexity index is 819. The topological polar surface area (TPSA) is 85.1 Å². The Labute approximate surface area is 177 Å². The number of rotatable bonds is 6. The molecule has 1 saturated heterocycles. The molecule has 0 atom stereocenters. The Kier molecular flexibility index (Phi) is 6.72. The number of nitrogens with two attached hydrogens (primary N) is 1. The molecule has 2 aromatic rings. The highest BCUT2D eigenvalue weighted by molar-refractivity contribution is 6.33. The van der Waals surface area contributed by atoms with Crippen molar-refractivity contribution < 1.29 is 4.74 Å². The maximum absolute atomic E-state index is 6.48. The molecule has 0 unspecified atom stereocenters. The van der Waals surface area contributed by atoms with Gasteiger partial charge in [-0.05, 0) is 43.7 Å². The molecule has 2 fully saturated rings. The fourth-order valence-electron chi connectivity index (χ4n) is 4.16. The molecule has 2 aliphatic rings. The van der Waals surface area contributed by atoms with E-state index in [1.165, 1.54) is 32.1 Å². The fraction of sp³-hybridized carbons (Fsp3) is 0.545. The monoisotopic (exact) mass is 415 g/mol. The third-order valence-corrected chi connectivity index (χ3v) is 6.27. The van der Waals surface area contributed by atoms with E-state index in [-0.39, 0.29) is 0 Å². The van der Waals surface area contributed by atoms with Crippen LogP contribution in [0.15, 0.2) is 24.5 Å². The van der Waals surface area contributed by atoms with Gasteiger partial charge in [0, 0.05) is 49.3 Å². The minimum Gasteiger partial charge on any atom is -0.382 e. The maximum atomic E-state index is 6.48. The number of ether oxygens (including phenoxy) is 1. The molecule has 1 aliphatic heterocycles. The Morgan fingerprint density at radius 2 is 1.83 bits per heavy atom. The predicted molar refractivity (Wildman–Crippen MR) is 119 cm³/mol. The van der Waals surface area contributed by atoms with Gasteiger partial charge in [-0.15, -0.1) is 0 Å². The first-order valence-electron chi connectivity index (χ1n) is 10.7. The predicted octanol–water partition coefficient (Wildman–Crippen LogP) is 4.96. The summed E-state index contributed by atoms with van der Waals surface area (Å²) in [4.78, 5) is 8.88. The summed E-state index contributed by atoms with van der Waals surface area (Å²) in [6.45, 7) is 2.55. The molecule has 4 rings (SSSR count). The van der Waals surface area contributed by atoms with Gasteiger partial charge in [-0.25, -0.2) is 9.97 Å². The lowest BCUT2D eigenvalue weighted by molar-refractivity contribution is 0.0699. The van der Waals surface area contributed by atoms with Crippen molar-refractivity contribution in [3.8, 4) is 11.1 Å². The summed E-state index contributed by atoms with van der Waals surface area (Å²) >= 11 is 6.48. The van der Waals surface area contributed by atoms with Crippen LogP contribution in [0, 0.1) is 5.92 Å². The Hall–Kier alpha value is -2.05. The van der Waals surface area contributed by atoms with Crippen LogP contribution in [-0.2, 0) is 4.74 Å². The molecular formula is C22H30ClN5O. The van der Waals surface area contributed by atoms with E-state index in [1.54, 1.807) is 12.4 Å². The summed E-state index contributed by atoms with van der Waals surface area (Å²) in [6, 6.07) is 4.55. The molecular weight excluding hydrogens is 386 g/mol. The number of nitrogen functional groups attached to an aromatic ring is 1. The standard InChI is InChI=1S/C22H30ClN5O/c23-19-14-26-21(28-17-4-2-1-3-5-17)11-18(19)16-10-20(22(24)27-13-16)25-12-15-6-8-29-9-7-15/h10-11,13-15,17,25H,1-9,12H2,(H2,24,27)(H,26,28). The molecule has 3 heterocycles. The largest absolute Gasteiger partial charge is 0.382 e. The van der Waals surface area contributed by atoms with E-state index in [1.807, 2.05) is 12.1 Å². The molecule has 1 saturated carbocycles. The van der Waals surface area contributed by atoms with Gasteiger partial charge in [0.1, 0.15) is 11.6 Å². The van der Waals surface area contributed by atoms with Gasteiger partial charge in [0.05, 0.1) is 10.7 Å². The number of nitrogens with one attached hydrogen (secondary N) is 2. The van der Waals surface area contributed by atoms with Crippen LogP contribution in [0.1, 0.15) is 44.9 Å². The summed E-state index contributed by atoms with van der Waals surface area (Å²) in [5, 5.41) is 7.66. The van der Waals surface area contributed by atoms with Crippen molar-refractivity contribution in [3.63, 3.8) is 0 Å². The molecule has 2 aromatic heterocycles. The second-order valence-corrected chi connectivity index (χ2v) is 8.53. The second-order valence-electron chi connectivity index (χ2n) is 8.12. The highest BCUT2D eigenvalue weighted by atomic mass is 35.5. The summed E-state index contributed by atoms with van der Waals surface area (Å²) in [5.41, 5.74) is 8.83. The van der Waals surface area contributed by atoms with Crippen molar-refractivity contribution in [2.45, 2.75) is 51.0 Å². The van der Waals surface area contributed by atoms with Crippen molar-refractivity contribution in [2.75, 3.05) is 36.1 Å². The van der Waals surface area contributed by atoms with Crippen LogP contribution in [-0.4, -0.2) is 35.8 Å². The Morgan fingerprint density at radius 1 is 1.03 bits per heavy atom. The normalized spacial score (nSPS) is 18.5. The molecule has 29 heavy (non-hydrogen) atoms. The lowest BCUT2D eigenvalue weighted by Crippen LogP contribution is -2.23. The SMILES string of the molecule is Nc1ncc(-c2cc(NC3CCCCC3)ncc2Cl)cc1NCC1CCOCC1. The van der Waals surface area contributed by atoms with Crippen molar-refractivity contribution in [3.05, 3.63) is 29.5 Å². The molecule has 0 spiro atoms. The average molecular weight is 416 g/mol. The third kappa shape index (κ3) is 5.31. The Morgan fingerprint density at radius 3 is 2.62 bits per heavy atom. The zero-order chi connectivity index (χ0) is 20.1. The maximum Gasteiger partial charge on any atom is 0.146 e. The first-order valence-corrected chi connectivity index (χ1v) is 11.1. The lowest BCUT2D eigenvalue weighted by Gasteiger charge is -2.24. The lowest BCUT2D eigenvalue weighted by atomic mass is 9.95. The molecule has 0 amide bonds. The van der Waals surface area contributed by atoms with E-state index < -0.39 is 0 Å². The zero-order valence-corrected chi connectivity index (χ0v) is 17.5. The first-order chi connectivity index (χ1) is 14.2. The van der Waals surface area contributed by atoms with Gasteiger partial charge in [0.25, 0.3) is 0 Å². The third-order valence-electron chi connectivity index (χ3n) is 5.96. The second kappa shape index (κ2) is 9.63. The van der Waals surface area contributed by atoms with Gasteiger partial charge in [-0.3, -0.25) is 0 Å². The van der Waals surface area contributed by atoms with E-state index in [0.717, 1.165) is 55.2 Å². The van der Waals surface area contributed by atoms with Crippen molar-refractivity contribution >= 4 is 28.9 Å². The summed E-state index contributed by atoms with van der Waals surface area (Å²) < 4.78 is 5.44. The average Bonchev–Trinajstić information content (AvgIpc) is 2.76. The number of halogens is 1. The van der Waals surface area contributed by atoms with Crippen LogP contribution in [0.3, 0.4) is 0 Å². The number of nitrogens with zero attached hydrogens (tertiary/aromatic N) is 2. The fourth-order valence-corrected chi connectivity index (χ4v) is 4.38. The number of hydrogen-bond acceptors (Lipinski definition) is 6. The Balaban J connectivity index is 1.50. The van der Waals surface area contributed by atoms with E-state index >= 15 is 0 Å². The quantitative estimate of drug-likeness (QED) is 0.618. The summed E-state index contributed by atoms with van der Waals surface area (Å²) in [5.74, 6) is 1.97. The molecule has 0 aromatic carbocycles. The highest BCUT2D eigenvalue weighted by Crippen LogP contribution is 2.33. The van der Waals surface area contributed by atoms with Gasteiger partial charge in [-0.2, -0.15) is 0 Å². The van der Waals surface area contributed by atoms with Crippen molar-refractivity contribution in [1.29, 1.82) is 0 Å². The van der Waals surface area contributed by atoms with Crippen LogP contribution in [0.4, 0.5) is 17.3 Å². The molecule has 4 N–H and O–H groups in total. The first kappa shape index (κ1) is 20.2. The van der Waals surface area contributed by atoms with E-state index in [2.05, 4.69) is 20.6 Å². The molecule has 0 bridgehead atoms. The molecule has 156 valence electrons. The number of anilines is 3. The molecule has 0 radical (unpaired) electrons. The summed E-state index contributed by atoms with van der Waals surface area (Å²) in [6.07, 6.45) is 11.9. The van der Waals surface area contributed by atoms with Gasteiger partial charge in [-0.1, -0.05) is 30.9 Å². The van der Waals surface area contributed by atoms with E-state index in [4.69, 9.17) is 22.1 Å². The van der Waals surface area contributed by atoms with Crippen molar-refractivity contribution in [1.82, 2.24) is 9.97 Å². The number of pyridine rings is 2. The van der Waals surface area contributed by atoms with Crippen LogP contribution >= 0.6 is 11.6 Å². The van der Waals surface area contributed by atoms with Crippen LogP contribution in [0.5, 0.6) is 0 Å². The molecule has 1 aliphatic carbocycles. The smallest absolute Gasteiger partial charge is 0.146 e. The summed E-state index contributed by atoms with van der Waals surface area (Å²) in [7, 11) is 0. The van der Waals surface area contributed by atoms with Crippen LogP contribution < -0.4 is 16.4 Å². The highest BCUT2D eigenvalue weighted by Gasteiger charge is 2.17. The number of aromatic nitrogens is 2. The van der Waals surface area contributed by atoms with Crippen LogP contribution in [0.2, 0.25) is 5.02 Å². The molecule has 6 nitrogen and oxygen atoms in total. The van der Waals surface area contributed by atoms with Crippen molar-refractivity contribution in [2.24, 2.45) is 5.92 Å². The van der Waals surface area contributed by atoms with Gasteiger partial charge in [0.2, 0.25) is 0 Å². The van der Waals surface area contributed by atoms with Gasteiger partial charge in [0.15, 0.2) is 0 Å². The number of hydrogen-bond donors (Lipinski definition) is 3. The minimum absolute atomic E-state index is 0.492. The van der Waals surface area contributed by atoms with Gasteiger partial charge < -0.3 is 21.1 Å². The molecule has 7 heteroatoms. The van der Waals surface area contributed by atoms with Gasteiger partial charge >= 0.3 is 0 Å².